The van der Waals surface area contributed by atoms with E-state index in [9.17, 15) is 9.90 Å². The number of piperidine rings is 1. The van der Waals surface area contributed by atoms with Crippen LogP contribution >= 0.6 is 15.9 Å². The summed E-state index contributed by atoms with van der Waals surface area (Å²) in [7, 11) is 0. The Balaban J connectivity index is 2.12. The van der Waals surface area contributed by atoms with E-state index < -0.39 is 12.0 Å². The fourth-order valence-electron chi connectivity index (χ4n) is 3.75. The third kappa shape index (κ3) is 4.10. The standard InChI is InChI=1S/C21H24BrNO3/c1-2-26-19-12-4-3-10-17(19)20(15-8-7-9-16(22)14-15)23-13-6-5-11-18(23)21(24)25/h3-4,7-10,12,14,18,20H,2,5-6,11,13H2,1H3,(H,24,25)/t18-,20-/m1/s1. The van der Waals surface area contributed by atoms with E-state index in [1.807, 2.05) is 43.3 Å². The number of benzene rings is 2. The van der Waals surface area contributed by atoms with Crippen molar-refractivity contribution in [2.45, 2.75) is 38.3 Å². The molecule has 5 heteroatoms. The molecular weight excluding hydrogens is 394 g/mol. The van der Waals surface area contributed by atoms with Gasteiger partial charge in [0.15, 0.2) is 0 Å². The number of ether oxygens (including phenoxy) is 1. The van der Waals surface area contributed by atoms with Crippen LogP contribution in [0.5, 0.6) is 5.75 Å². The van der Waals surface area contributed by atoms with Crippen molar-refractivity contribution in [2.24, 2.45) is 0 Å². The summed E-state index contributed by atoms with van der Waals surface area (Å²) in [5, 5.41) is 9.80. The summed E-state index contributed by atoms with van der Waals surface area (Å²) in [4.78, 5) is 14.0. The number of aliphatic carboxylic acids is 1. The van der Waals surface area contributed by atoms with E-state index in [0.29, 0.717) is 13.0 Å². The van der Waals surface area contributed by atoms with E-state index in [2.05, 4.69) is 33.0 Å². The number of halogens is 1. The van der Waals surface area contributed by atoms with E-state index in [0.717, 1.165) is 40.7 Å². The third-order valence-corrected chi connectivity index (χ3v) is 5.33. The van der Waals surface area contributed by atoms with Crippen molar-refractivity contribution in [3.63, 3.8) is 0 Å². The topological polar surface area (TPSA) is 49.8 Å². The van der Waals surface area contributed by atoms with Crippen LogP contribution in [0.15, 0.2) is 53.0 Å². The Morgan fingerprint density at radius 3 is 2.81 bits per heavy atom. The molecule has 0 spiro atoms. The average molecular weight is 418 g/mol. The number of carboxylic acid groups (broad SMARTS) is 1. The quantitative estimate of drug-likeness (QED) is 0.727. The Bertz CT molecular complexity index is 764. The number of carboxylic acids is 1. The van der Waals surface area contributed by atoms with Crippen LogP contribution in [0.2, 0.25) is 0 Å². The van der Waals surface area contributed by atoms with E-state index in [1.54, 1.807) is 0 Å². The lowest BCUT2D eigenvalue weighted by molar-refractivity contribution is -0.145. The number of nitrogens with zero attached hydrogens (tertiary/aromatic N) is 1. The van der Waals surface area contributed by atoms with Gasteiger partial charge in [-0.15, -0.1) is 0 Å². The summed E-state index contributed by atoms with van der Waals surface area (Å²) in [5.41, 5.74) is 2.08. The smallest absolute Gasteiger partial charge is 0.320 e. The molecule has 26 heavy (non-hydrogen) atoms. The lowest BCUT2D eigenvalue weighted by Crippen LogP contribution is -2.46. The van der Waals surface area contributed by atoms with Crippen molar-refractivity contribution in [1.29, 1.82) is 0 Å². The van der Waals surface area contributed by atoms with Crippen LogP contribution < -0.4 is 4.74 Å². The summed E-state index contributed by atoms with van der Waals surface area (Å²) >= 11 is 3.55. The first-order chi connectivity index (χ1) is 12.6. The van der Waals surface area contributed by atoms with Crippen LogP contribution in [-0.4, -0.2) is 35.2 Å². The molecule has 1 heterocycles. The van der Waals surface area contributed by atoms with Gasteiger partial charge in [0.1, 0.15) is 11.8 Å². The highest BCUT2D eigenvalue weighted by molar-refractivity contribution is 9.10. The van der Waals surface area contributed by atoms with E-state index in [-0.39, 0.29) is 6.04 Å². The Kier molecular flexibility index (Phi) is 6.33. The van der Waals surface area contributed by atoms with Crippen molar-refractivity contribution in [1.82, 2.24) is 4.90 Å². The molecule has 1 aliphatic rings. The SMILES string of the molecule is CCOc1ccccc1[C@@H](c1cccc(Br)c1)N1CCCC[C@@H]1C(=O)O. The minimum atomic E-state index is -0.751. The van der Waals surface area contributed by atoms with Crippen LogP contribution in [0.25, 0.3) is 0 Å². The first-order valence-electron chi connectivity index (χ1n) is 9.07. The zero-order valence-electron chi connectivity index (χ0n) is 14.9. The lowest BCUT2D eigenvalue weighted by atomic mass is 9.91. The summed E-state index contributed by atoms with van der Waals surface area (Å²) < 4.78 is 6.85. The number of carbonyl (C=O) groups is 1. The summed E-state index contributed by atoms with van der Waals surface area (Å²) in [6, 6.07) is 15.4. The van der Waals surface area contributed by atoms with E-state index in [4.69, 9.17) is 4.74 Å². The third-order valence-electron chi connectivity index (χ3n) is 4.84. The maximum Gasteiger partial charge on any atom is 0.320 e. The normalized spacial score (nSPS) is 19.1. The van der Waals surface area contributed by atoms with Gasteiger partial charge in [-0.3, -0.25) is 9.69 Å². The minimum Gasteiger partial charge on any atom is -0.494 e. The molecule has 0 aromatic heterocycles. The molecule has 138 valence electrons. The second kappa shape index (κ2) is 8.69. The molecule has 0 saturated carbocycles. The molecule has 2 aromatic rings. The number of rotatable bonds is 6. The lowest BCUT2D eigenvalue weighted by Gasteiger charge is -2.40. The molecule has 1 N–H and O–H groups in total. The molecule has 1 fully saturated rings. The van der Waals surface area contributed by atoms with Gasteiger partial charge in [-0.2, -0.15) is 0 Å². The molecule has 2 aromatic carbocycles. The zero-order chi connectivity index (χ0) is 18.5. The predicted octanol–water partition coefficient (Wildman–Crippen LogP) is 4.88. The van der Waals surface area contributed by atoms with E-state index in [1.165, 1.54) is 0 Å². The molecule has 1 saturated heterocycles. The van der Waals surface area contributed by atoms with Crippen LogP contribution in [0.4, 0.5) is 0 Å². The zero-order valence-corrected chi connectivity index (χ0v) is 16.5. The molecule has 4 nitrogen and oxygen atoms in total. The average Bonchev–Trinajstić information content (AvgIpc) is 2.64. The molecule has 0 bridgehead atoms. The summed E-state index contributed by atoms with van der Waals surface area (Å²) in [6.45, 7) is 3.30. The van der Waals surface area contributed by atoms with Crippen LogP contribution in [-0.2, 0) is 4.79 Å². The van der Waals surface area contributed by atoms with Crippen molar-refractivity contribution < 1.29 is 14.6 Å². The predicted molar refractivity (Wildman–Crippen MR) is 106 cm³/mol. The Morgan fingerprint density at radius 1 is 1.27 bits per heavy atom. The number of hydrogen-bond acceptors (Lipinski definition) is 3. The second-order valence-corrected chi connectivity index (χ2v) is 7.43. The van der Waals surface area contributed by atoms with Gasteiger partial charge >= 0.3 is 5.97 Å². The highest BCUT2D eigenvalue weighted by Crippen LogP contribution is 2.39. The van der Waals surface area contributed by atoms with Crippen LogP contribution in [0, 0.1) is 0 Å². The highest BCUT2D eigenvalue weighted by Gasteiger charge is 2.36. The van der Waals surface area contributed by atoms with Gasteiger partial charge in [-0.05, 0) is 50.1 Å². The van der Waals surface area contributed by atoms with Crippen molar-refractivity contribution in [3.8, 4) is 5.75 Å². The van der Waals surface area contributed by atoms with Gasteiger partial charge in [0, 0.05) is 10.0 Å². The van der Waals surface area contributed by atoms with Gasteiger partial charge in [0.05, 0.1) is 12.6 Å². The fraction of sp³-hybridized carbons (Fsp3) is 0.381. The molecule has 0 aliphatic carbocycles. The largest absolute Gasteiger partial charge is 0.494 e. The van der Waals surface area contributed by atoms with Gasteiger partial charge in [-0.25, -0.2) is 0 Å². The fourth-order valence-corrected chi connectivity index (χ4v) is 4.16. The molecule has 1 aliphatic heterocycles. The molecule has 0 radical (unpaired) electrons. The number of para-hydroxylation sites is 1. The molecule has 2 atom stereocenters. The van der Waals surface area contributed by atoms with Crippen molar-refractivity contribution in [2.75, 3.05) is 13.2 Å². The maximum absolute atomic E-state index is 11.9. The van der Waals surface area contributed by atoms with Crippen molar-refractivity contribution >= 4 is 21.9 Å². The van der Waals surface area contributed by atoms with Gasteiger partial charge in [-0.1, -0.05) is 52.7 Å². The van der Waals surface area contributed by atoms with Crippen LogP contribution in [0.1, 0.15) is 43.4 Å². The molecule has 3 rings (SSSR count). The van der Waals surface area contributed by atoms with Gasteiger partial charge in [0.2, 0.25) is 0 Å². The molecule has 0 unspecified atom stereocenters. The van der Waals surface area contributed by atoms with E-state index >= 15 is 0 Å². The molecule has 0 amide bonds. The number of hydrogen-bond donors (Lipinski definition) is 1. The number of likely N-dealkylation sites (tertiary alicyclic amines) is 1. The maximum atomic E-state index is 11.9. The molecular formula is C21H24BrNO3. The first-order valence-corrected chi connectivity index (χ1v) is 9.87. The monoisotopic (exact) mass is 417 g/mol. The van der Waals surface area contributed by atoms with Gasteiger partial charge in [0.25, 0.3) is 0 Å². The second-order valence-electron chi connectivity index (χ2n) is 6.52. The first kappa shape index (κ1) is 18.9. The Hall–Kier alpha value is -1.85. The Labute approximate surface area is 162 Å². The Morgan fingerprint density at radius 2 is 2.08 bits per heavy atom. The highest BCUT2D eigenvalue weighted by atomic mass is 79.9. The van der Waals surface area contributed by atoms with Gasteiger partial charge < -0.3 is 9.84 Å². The summed E-state index contributed by atoms with van der Waals surface area (Å²) in [5.74, 6) is 0.0632. The van der Waals surface area contributed by atoms with Crippen molar-refractivity contribution in [3.05, 3.63) is 64.1 Å². The minimum absolute atomic E-state index is 0.156. The summed E-state index contributed by atoms with van der Waals surface area (Å²) in [6.07, 6.45) is 2.63. The van der Waals surface area contributed by atoms with Crippen LogP contribution in [0.3, 0.4) is 0 Å².